The summed E-state index contributed by atoms with van der Waals surface area (Å²) in [5, 5.41) is -1.45. The number of rotatable bonds is 1. The van der Waals surface area contributed by atoms with Crippen LogP contribution in [0.4, 0.5) is 26.3 Å². The van der Waals surface area contributed by atoms with Crippen LogP contribution in [0.2, 0.25) is 0 Å². The highest BCUT2D eigenvalue weighted by atomic mass is 32.5. The summed E-state index contributed by atoms with van der Waals surface area (Å²) in [6.07, 6.45) is -6.36. The van der Waals surface area contributed by atoms with Gasteiger partial charge in [-0.2, -0.15) is 26.3 Å². The Labute approximate surface area is 118 Å². The van der Waals surface area contributed by atoms with Gasteiger partial charge in [0.25, 0.3) is 0 Å². The molecule has 0 saturated heterocycles. The van der Waals surface area contributed by atoms with Crippen LogP contribution in [0.1, 0.15) is 54.8 Å². The highest BCUT2D eigenvalue weighted by molar-refractivity contribution is 7.81. The van der Waals surface area contributed by atoms with E-state index in [1.807, 2.05) is 0 Å². The fourth-order valence-corrected chi connectivity index (χ4v) is 6.21. The Kier molecular flexibility index (Phi) is 4.15. The van der Waals surface area contributed by atoms with Gasteiger partial charge in [0.05, 0.1) is 5.56 Å². The third-order valence-corrected chi connectivity index (χ3v) is 6.75. The van der Waals surface area contributed by atoms with Crippen molar-refractivity contribution >= 4 is 18.3 Å². The summed E-state index contributed by atoms with van der Waals surface area (Å²) in [5.41, 5.74) is -2.20. The third kappa shape index (κ3) is 2.98. The van der Waals surface area contributed by atoms with Gasteiger partial charge in [-0.05, 0) is 12.8 Å². The first-order chi connectivity index (χ1) is 9.06. The first-order valence-corrected chi connectivity index (χ1v) is 8.52. The van der Waals surface area contributed by atoms with E-state index in [9.17, 15) is 26.3 Å². The minimum atomic E-state index is -4.95. The Morgan fingerprint density at radius 2 is 1.50 bits per heavy atom. The van der Waals surface area contributed by atoms with E-state index in [2.05, 4.69) is 0 Å². The quantitative estimate of drug-likeness (QED) is 0.508. The average molecular weight is 334 g/mol. The minimum absolute atomic E-state index is 0.112. The molecule has 0 nitrogen and oxygen atoms in total. The van der Waals surface area contributed by atoms with E-state index >= 15 is 0 Å². The van der Waals surface area contributed by atoms with Crippen LogP contribution >= 0.6 is 18.3 Å². The summed E-state index contributed by atoms with van der Waals surface area (Å²) in [6, 6.07) is 0. The molecular formula is C12H13F6PS. The number of alkyl halides is 6. The molecule has 20 heavy (non-hydrogen) atoms. The lowest BCUT2D eigenvalue weighted by molar-refractivity contribution is -0.160. The van der Waals surface area contributed by atoms with Crippen molar-refractivity contribution in [2.45, 2.75) is 56.8 Å². The molecule has 0 bridgehead atoms. The second-order valence-corrected chi connectivity index (χ2v) is 7.67. The Hall–Kier alpha value is -0.290. The first-order valence-electron chi connectivity index (χ1n) is 6.20. The zero-order valence-corrected chi connectivity index (χ0v) is 12.4. The Bertz CT molecular complexity index is 481. The van der Waals surface area contributed by atoms with Crippen LogP contribution in [-0.2, 0) is 17.8 Å². The van der Waals surface area contributed by atoms with Gasteiger partial charge in [-0.15, -0.1) is 10.9 Å². The van der Waals surface area contributed by atoms with Crippen LogP contribution in [0, 0.1) is 0 Å². The van der Waals surface area contributed by atoms with Crippen LogP contribution in [0.15, 0.2) is 0 Å². The van der Waals surface area contributed by atoms with Gasteiger partial charge in [0.2, 0.25) is 0 Å². The molecule has 8 heteroatoms. The molecule has 2 rings (SSSR count). The highest BCUT2D eigenvalue weighted by Gasteiger charge is 2.49. The van der Waals surface area contributed by atoms with Gasteiger partial charge < -0.3 is 0 Å². The van der Waals surface area contributed by atoms with E-state index in [1.165, 1.54) is 0 Å². The smallest absolute Gasteiger partial charge is 0.166 e. The molecule has 0 radical (unpaired) electrons. The summed E-state index contributed by atoms with van der Waals surface area (Å²) in [5.74, 6) is 0. The Balaban J connectivity index is 2.57. The molecule has 0 atom stereocenters. The third-order valence-electron chi connectivity index (χ3n) is 3.75. The fraction of sp³-hybridized carbons (Fsp3) is 0.750. The predicted octanol–water partition coefficient (Wildman–Crippen LogP) is 6.59. The Morgan fingerprint density at radius 3 is 1.95 bits per heavy atom. The summed E-state index contributed by atoms with van der Waals surface area (Å²) < 4.78 is 77.8. The molecule has 0 spiro atoms. The molecule has 1 aliphatic rings. The molecule has 0 N–H and O–H groups in total. The van der Waals surface area contributed by atoms with E-state index < -0.39 is 28.6 Å². The fourth-order valence-electron chi connectivity index (χ4n) is 2.72. The molecule has 0 unspecified atom stereocenters. The summed E-state index contributed by atoms with van der Waals surface area (Å²) >= 11 is 0. The molecular weight excluding hydrogens is 321 g/mol. The van der Waals surface area contributed by atoms with E-state index in [1.54, 1.807) is 6.92 Å². The van der Waals surface area contributed by atoms with Crippen molar-refractivity contribution in [1.29, 1.82) is 0 Å². The molecule has 1 aliphatic carbocycles. The number of hydrogen-bond donors (Lipinski definition) is 0. The second kappa shape index (κ2) is 5.16. The van der Waals surface area contributed by atoms with Crippen molar-refractivity contribution in [3.8, 4) is 0 Å². The molecule has 1 fully saturated rings. The molecule has 1 saturated carbocycles. The van der Waals surface area contributed by atoms with Crippen molar-refractivity contribution < 1.29 is 26.3 Å². The Morgan fingerprint density at radius 1 is 0.950 bits per heavy atom. The van der Waals surface area contributed by atoms with E-state index in [0.717, 1.165) is 19.3 Å². The minimum Gasteiger partial charge on any atom is -0.166 e. The lowest BCUT2D eigenvalue weighted by Crippen LogP contribution is -2.28. The summed E-state index contributed by atoms with van der Waals surface area (Å²) in [4.78, 5) is -0.112. The molecule has 0 aliphatic heterocycles. The van der Waals surface area contributed by atoms with Crippen molar-refractivity contribution in [3.63, 3.8) is 0 Å². The molecule has 1 aromatic rings. The van der Waals surface area contributed by atoms with Crippen LogP contribution in [0.3, 0.4) is 0 Å². The monoisotopic (exact) mass is 334 g/mol. The number of halogens is 6. The van der Waals surface area contributed by atoms with Gasteiger partial charge in [-0.3, -0.25) is 0 Å². The molecule has 1 heterocycles. The van der Waals surface area contributed by atoms with Gasteiger partial charge in [0.1, 0.15) is 5.30 Å². The average Bonchev–Trinajstić information content (AvgIpc) is 2.74. The van der Waals surface area contributed by atoms with Crippen LogP contribution < -0.4 is 0 Å². The van der Waals surface area contributed by atoms with Gasteiger partial charge in [0.15, 0.2) is 0 Å². The second-order valence-electron chi connectivity index (χ2n) is 5.35. The molecule has 0 amide bonds. The maximum Gasteiger partial charge on any atom is 0.422 e. The maximum atomic E-state index is 13.1. The molecule has 114 valence electrons. The largest absolute Gasteiger partial charge is 0.422 e. The topological polar surface area (TPSA) is 0 Å². The van der Waals surface area contributed by atoms with Crippen molar-refractivity contribution in [2.75, 3.05) is 0 Å². The van der Waals surface area contributed by atoms with Crippen LogP contribution in [0.25, 0.3) is 0 Å². The van der Waals surface area contributed by atoms with Crippen molar-refractivity contribution in [1.82, 2.24) is 0 Å². The highest BCUT2D eigenvalue weighted by Crippen LogP contribution is 2.55. The van der Waals surface area contributed by atoms with E-state index in [4.69, 9.17) is 0 Å². The zero-order valence-electron chi connectivity index (χ0n) is 10.7. The SMILES string of the molecule is CC1(c2spc(C(F)(F)F)c2C(F)(F)F)CCCCC1. The standard InChI is InChI=1S/C12H13F6PS/c1-10(5-3-2-4-6-10)9-7(11(13,14)15)8(19-20-9)12(16,17)18/h2-6H2,1H3. The van der Waals surface area contributed by atoms with E-state index in [-0.39, 0.29) is 12.2 Å². The lowest BCUT2D eigenvalue weighted by Gasteiger charge is -2.34. The lowest BCUT2D eigenvalue weighted by atomic mass is 9.73. The van der Waals surface area contributed by atoms with Crippen molar-refractivity contribution in [2.24, 2.45) is 0 Å². The van der Waals surface area contributed by atoms with Gasteiger partial charge >= 0.3 is 12.4 Å². The normalized spacial score (nSPS) is 20.6. The van der Waals surface area contributed by atoms with Crippen molar-refractivity contribution in [3.05, 3.63) is 15.7 Å². The van der Waals surface area contributed by atoms with Crippen LogP contribution in [0.5, 0.6) is 0 Å². The van der Waals surface area contributed by atoms with E-state index in [0.29, 0.717) is 23.8 Å². The molecule has 1 aromatic heterocycles. The number of hydrogen-bond acceptors (Lipinski definition) is 1. The summed E-state index contributed by atoms with van der Waals surface area (Å²) in [6.45, 7) is 1.66. The summed E-state index contributed by atoms with van der Waals surface area (Å²) in [7, 11) is 0.344. The zero-order chi connectivity index (χ0) is 15.2. The predicted molar refractivity (Wildman–Crippen MR) is 67.3 cm³/mol. The van der Waals surface area contributed by atoms with Gasteiger partial charge in [-0.25, -0.2) is 0 Å². The van der Waals surface area contributed by atoms with Gasteiger partial charge in [0, 0.05) is 17.7 Å². The molecule has 0 aromatic carbocycles. The van der Waals surface area contributed by atoms with Crippen LogP contribution in [-0.4, -0.2) is 0 Å². The first kappa shape index (κ1) is 16.1. The maximum absolute atomic E-state index is 13.1. The van der Waals surface area contributed by atoms with Gasteiger partial charge in [-0.1, -0.05) is 26.2 Å².